The normalized spacial score (nSPS) is 24.4. The van der Waals surface area contributed by atoms with Crippen molar-refractivity contribution in [2.75, 3.05) is 37.7 Å². The fourth-order valence-electron chi connectivity index (χ4n) is 3.92. The molecule has 3 saturated heterocycles. The van der Waals surface area contributed by atoms with E-state index in [1.54, 1.807) is 0 Å². The molecule has 1 aromatic carbocycles. The molecule has 23 heavy (non-hydrogen) atoms. The van der Waals surface area contributed by atoms with Gasteiger partial charge in [0.05, 0.1) is 4.58 Å². The highest BCUT2D eigenvalue weighted by atomic mass is 32.2. The topological polar surface area (TPSA) is 32.3 Å². The molecule has 4 rings (SSSR count). The number of rotatable bonds is 2. The summed E-state index contributed by atoms with van der Waals surface area (Å²) in [6, 6.07) is 8.35. The molecular formula is C18H24N2OS2. The van der Waals surface area contributed by atoms with Gasteiger partial charge in [0.25, 0.3) is 5.91 Å². The van der Waals surface area contributed by atoms with Crippen molar-refractivity contribution in [3.05, 3.63) is 35.4 Å². The van der Waals surface area contributed by atoms with Crippen LogP contribution in [0.3, 0.4) is 0 Å². The third kappa shape index (κ3) is 3.28. The zero-order valence-corrected chi connectivity index (χ0v) is 15.1. The number of benzene rings is 1. The predicted octanol–water partition coefficient (Wildman–Crippen LogP) is 3.38. The van der Waals surface area contributed by atoms with E-state index in [2.05, 4.69) is 22.3 Å². The molecule has 0 atom stereocenters. The number of hydrogen-bond acceptors (Lipinski definition) is 4. The molecule has 1 aromatic rings. The van der Waals surface area contributed by atoms with Crippen molar-refractivity contribution in [2.45, 2.75) is 23.8 Å². The molecule has 5 heteroatoms. The third-order valence-corrected chi connectivity index (χ3v) is 8.60. The second kappa shape index (κ2) is 6.69. The zero-order chi connectivity index (χ0) is 15.7. The number of piperidine rings is 1. The van der Waals surface area contributed by atoms with Crippen LogP contribution in [0.15, 0.2) is 24.3 Å². The first-order valence-electron chi connectivity index (χ1n) is 8.59. The second-order valence-corrected chi connectivity index (χ2v) is 9.64. The summed E-state index contributed by atoms with van der Waals surface area (Å²) in [4.78, 5) is 14.8. The first kappa shape index (κ1) is 15.9. The lowest BCUT2D eigenvalue weighted by Gasteiger charge is -2.38. The van der Waals surface area contributed by atoms with Crippen molar-refractivity contribution >= 4 is 29.4 Å². The van der Waals surface area contributed by atoms with Gasteiger partial charge in [-0.25, -0.2) is 0 Å². The van der Waals surface area contributed by atoms with Crippen LogP contribution in [0.2, 0.25) is 0 Å². The summed E-state index contributed by atoms with van der Waals surface area (Å²) in [7, 11) is 0. The SMILES string of the molecule is O=C(c1ccc(C2SCCS2)cc1)N1CCC2(CCNC2)CC1. The van der Waals surface area contributed by atoms with Crippen molar-refractivity contribution in [1.29, 1.82) is 0 Å². The number of carbonyl (C=O) groups is 1. The monoisotopic (exact) mass is 348 g/mol. The molecule has 3 aliphatic rings. The molecule has 0 aromatic heterocycles. The molecule has 3 heterocycles. The number of thioether (sulfide) groups is 2. The highest BCUT2D eigenvalue weighted by Crippen LogP contribution is 2.45. The van der Waals surface area contributed by atoms with Gasteiger partial charge in [-0.1, -0.05) is 12.1 Å². The number of nitrogens with zero attached hydrogens (tertiary/aromatic N) is 1. The molecule has 3 fully saturated rings. The van der Waals surface area contributed by atoms with Gasteiger partial charge in [0.1, 0.15) is 0 Å². The number of likely N-dealkylation sites (tertiary alicyclic amines) is 1. The lowest BCUT2D eigenvalue weighted by Crippen LogP contribution is -2.44. The fraction of sp³-hybridized carbons (Fsp3) is 0.611. The minimum atomic E-state index is 0.212. The van der Waals surface area contributed by atoms with Crippen molar-refractivity contribution in [3.8, 4) is 0 Å². The standard InChI is InChI=1S/C18H24N2OS2/c21-16(20-9-6-18(7-10-20)5-8-19-13-18)14-1-3-15(4-2-14)17-22-11-12-23-17/h1-4,17,19H,5-13H2. The van der Waals surface area contributed by atoms with Crippen LogP contribution >= 0.6 is 23.5 Å². The molecule has 0 unspecified atom stereocenters. The summed E-state index contributed by atoms with van der Waals surface area (Å²) in [5.41, 5.74) is 2.67. The van der Waals surface area contributed by atoms with Gasteiger partial charge in [0.2, 0.25) is 0 Å². The van der Waals surface area contributed by atoms with E-state index in [0.29, 0.717) is 10.00 Å². The molecule has 124 valence electrons. The number of amides is 1. The third-order valence-electron chi connectivity index (χ3n) is 5.50. The predicted molar refractivity (Wildman–Crippen MR) is 99.2 cm³/mol. The average Bonchev–Trinajstić information content (AvgIpc) is 3.28. The minimum Gasteiger partial charge on any atom is -0.339 e. The fourth-order valence-corrected chi connectivity index (χ4v) is 6.78. The van der Waals surface area contributed by atoms with Crippen LogP contribution < -0.4 is 5.32 Å². The van der Waals surface area contributed by atoms with E-state index < -0.39 is 0 Å². The molecule has 1 N–H and O–H groups in total. The summed E-state index contributed by atoms with van der Waals surface area (Å²) < 4.78 is 0.559. The van der Waals surface area contributed by atoms with Crippen LogP contribution in [0, 0.1) is 5.41 Å². The van der Waals surface area contributed by atoms with E-state index in [1.165, 1.54) is 23.5 Å². The van der Waals surface area contributed by atoms with Crippen LogP contribution in [0.25, 0.3) is 0 Å². The van der Waals surface area contributed by atoms with Crippen LogP contribution in [0.1, 0.15) is 39.8 Å². The van der Waals surface area contributed by atoms with Gasteiger partial charge in [-0.2, -0.15) is 0 Å². The second-order valence-electron chi connectivity index (χ2n) is 6.91. The Morgan fingerprint density at radius 3 is 2.39 bits per heavy atom. The number of carbonyl (C=O) groups excluding carboxylic acids is 1. The van der Waals surface area contributed by atoms with Crippen LogP contribution in [0.5, 0.6) is 0 Å². The van der Waals surface area contributed by atoms with Gasteiger partial charge in [-0.15, -0.1) is 23.5 Å². The minimum absolute atomic E-state index is 0.212. The van der Waals surface area contributed by atoms with E-state index >= 15 is 0 Å². The van der Waals surface area contributed by atoms with Gasteiger partial charge < -0.3 is 10.2 Å². The molecule has 1 spiro atoms. The summed E-state index contributed by atoms with van der Waals surface area (Å²) >= 11 is 4.02. The Balaban J connectivity index is 1.39. The Morgan fingerprint density at radius 1 is 1.09 bits per heavy atom. The van der Waals surface area contributed by atoms with E-state index in [-0.39, 0.29) is 5.91 Å². The van der Waals surface area contributed by atoms with Crippen molar-refractivity contribution < 1.29 is 4.79 Å². The molecule has 0 radical (unpaired) electrons. The van der Waals surface area contributed by atoms with Gasteiger partial charge in [0, 0.05) is 36.7 Å². The maximum absolute atomic E-state index is 12.7. The quantitative estimate of drug-likeness (QED) is 0.888. The lowest BCUT2D eigenvalue weighted by atomic mass is 9.78. The summed E-state index contributed by atoms with van der Waals surface area (Å²) in [6.45, 7) is 4.11. The van der Waals surface area contributed by atoms with Crippen molar-refractivity contribution in [3.63, 3.8) is 0 Å². The molecule has 0 saturated carbocycles. The first-order valence-corrected chi connectivity index (χ1v) is 10.7. The van der Waals surface area contributed by atoms with Crippen molar-refractivity contribution in [1.82, 2.24) is 10.2 Å². The Hall–Kier alpha value is -0.650. The summed E-state index contributed by atoms with van der Waals surface area (Å²) in [6.07, 6.45) is 3.58. The molecule has 0 aliphatic carbocycles. The van der Waals surface area contributed by atoms with Gasteiger partial charge in [-0.05, 0) is 48.9 Å². The maximum atomic E-state index is 12.7. The average molecular weight is 349 g/mol. The maximum Gasteiger partial charge on any atom is 0.253 e. The largest absolute Gasteiger partial charge is 0.339 e. The van der Waals surface area contributed by atoms with Crippen LogP contribution in [-0.2, 0) is 0 Å². The molecular weight excluding hydrogens is 324 g/mol. The van der Waals surface area contributed by atoms with Gasteiger partial charge in [0.15, 0.2) is 0 Å². The Bertz CT molecular complexity index is 553. The van der Waals surface area contributed by atoms with Gasteiger partial charge >= 0.3 is 0 Å². The Labute approximate surface area is 147 Å². The first-order chi connectivity index (χ1) is 11.3. The smallest absolute Gasteiger partial charge is 0.253 e. The number of hydrogen-bond donors (Lipinski definition) is 1. The van der Waals surface area contributed by atoms with E-state index in [0.717, 1.165) is 44.6 Å². The number of nitrogens with one attached hydrogen (secondary N) is 1. The molecule has 0 bridgehead atoms. The molecule has 3 aliphatic heterocycles. The highest BCUT2D eigenvalue weighted by molar-refractivity contribution is 8.19. The van der Waals surface area contributed by atoms with E-state index in [4.69, 9.17) is 0 Å². The molecule has 1 amide bonds. The Kier molecular flexibility index (Phi) is 4.61. The lowest BCUT2D eigenvalue weighted by molar-refractivity contribution is 0.0607. The van der Waals surface area contributed by atoms with Crippen LogP contribution in [-0.4, -0.2) is 48.5 Å². The highest BCUT2D eigenvalue weighted by Gasteiger charge is 2.38. The van der Waals surface area contributed by atoms with Gasteiger partial charge in [-0.3, -0.25) is 4.79 Å². The van der Waals surface area contributed by atoms with Crippen molar-refractivity contribution in [2.24, 2.45) is 5.41 Å². The summed E-state index contributed by atoms with van der Waals surface area (Å²) in [5.74, 6) is 2.69. The summed E-state index contributed by atoms with van der Waals surface area (Å²) in [5, 5.41) is 3.48. The van der Waals surface area contributed by atoms with E-state index in [9.17, 15) is 4.79 Å². The molecule has 3 nitrogen and oxygen atoms in total. The van der Waals surface area contributed by atoms with Crippen LogP contribution in [0.4, 0.5) is 0 Å². The zero-order valence-electron chi connectivity index (χ0n) is 13.4. The Morgan fingerprint density at radius 2 is 1.78 bits per heavy atom. The van der Waals surface area contributed by atoms with E-state index in [1.807, 2.05) is 35.7 Å².